The molecule has 1 fully saturated rings. The normalized spacial score (nSPS) is 14.6. The van der Waals surface area contributed by atoms with E-state index in [1.54, 1.807) is 12.1 Å². The largest absolute Gasteiger partial charge is 0.302 e. The van der Waals surface area contributed by atoms with Crippen LogP contribution in [0.25, 0.3) is 10.2 Å². The van der Waals surface area contributed by atoms with Crippen LogP contribution in [-0.4, -0.2) is 36.7 Å². The maximum atomic E-state index is 12.8. The molecule has 1 aromatic carbocycles. The number of thiazole rings is 1. The minimum Gasteiger partial charge on any atom is -0.302 e. The summed E-state index contributed by atoms with van der Waals surface area (Å²) in [6.07, 6.45) is 4.92. The van der Waals surface area contributed by atoms with Gasteiger partial charge >= 0.3 is 0 Å². The van der Waals surface area contributed by atoms with Crippen molar-refractivity contribution in [2.24, 2.45) is 5.92 Å². The molecule has 0 aliphatic heterocycles. The number of hydrogen-bond donors (Lipinski definition) is 1. The van der Waals surface area contributed by atoms with E-state index < -0.39 is 10.0 Å². The van der Waals surface area contributed by atoms with Gasteiger partial charge in [0.1, 0.15) is 0 Å². The van der Waals surface area contributed by atoms with Gasteiger partial charge in [0.15, 0.2) is 5.13 Å². The standard InChI is InChI=1S/C17H19N3O3S2/c1-3-9-20(10-4-2)25(22,23)13-7-8-14-15(11-13)24-17(18-14)19-16(21)12-5-6-12/h3-4,7-8,11-12H,1-2,5-6,9-10H2,(H,18,19,21). The van der Waals surface area contributed by atoms with E-state index in [-0.39, 0.29) is 29.8 Å². The van der Waals surface area contributed by atoms with E-state index in [0.29, 0.717) is 15.3 Å². The second kappa shape index (κ2) is 7.07. The van der Waals surface area contributed by atoms with Gasteiger partial charge in [0.05, 0.1) is 15.1 Å². The molecule has 132 valence electrons. The number of hydrogen-bond acceptors (Lipinski definition) is 5. The molecule has 0 spiro atoms. The summed E-state index contributed by atoms with van der Waals surface area (Å²) in [5.41, 5.74) is 0.661. The fourth-order valence-corrected chi connectivity index (χ4v) is 4.77. The number of sulfonamides is 1. The summed E-state index contributed by atoms with van der Waals surface area (Å²) in [5.74, 6) is 0.0735. The highest BCUT2D eigenvalue weighted by atomic mass is 32.2. The summed E-state index contributed by atoms with van der Waals surface area (Å²) in [6.45, 7) is 7.62. The summed E-state index contributed by atoms with van der Waals surface area (Å²) in [5, 5.41) is 3.29. The Balaban J connectivity index is 1.90. The Kier molecular flexibility index (Phi) is 5.03. The Morgan fingerprint density at radius 3 is 2.60 bits per heavy atom. The Labute approximate surface area is 150 Å². The van der Waals surface area contributed by atoms with Crippen molar-refractivity contribution < 1.29 is 13.2 Å². The summed E-state index contributed by atoms with van der Waals surface area (Å²) in [7, 11) is -3.65. The molecule has 0 saturated heterocycles. The molecular formula is C17H19N3O3S2. The quantitative estimate of drug-likeness (QED) is 0.717. The summed E-state index contributed by atoms with van der Waals surface area (Å²) >= 11 is 1.27. The first-order valence-electron chi connectivity index (χ1n) is 7.89. The smallest absolute Gasteiger partial charge is 0.243 e. The molecule has 1 heterocycles. The zero-order chi connectivity index (χ0) is 18.0. The molecule has 8 heteroatoms. The lowest BCUT2D eigenvalue weighted by Gasteiger charge is -2.18. The van der Waals surface area contributed by atoms with E-state index in [9.17, 15) is 13.2 Å². The Morgan fingerprint density at radius 1 is 1.32 bits per heavy atom. The van der Waals surface area contributed by atoms with Crippen LogP contribution in [0.1, 0.15) is 12.8 Å². The predicted octanol–water partition coefficient (Wildman–Crippen LogP) is 3.01. The zero-order valence-electron chi connectivity index (χ0n) is 13.6. The molecule has 1 aliphatic rings. The van der Waals surface area contributed by atoms with Crippen molar-refractivity contribution in [1.29, 1.82) is 0 Å². The average molecular weight is 377 g/mol. The molecule has 1 aliphatic carbocycles. The molecule has 6 nitrogen and oxygen atoms in total. The first kappa shape index (κ1) is 17.8. The fourth-order valence-electron chi connectivity index (χ4n) is 2.38. The lowest BCUT2D eigenvalue weighted by molar-refractivity contribution is -0.117. The molecule has 0 unspecified atom stereocenters. The minimum atomic E-state index is -3.65. The molecular weight excluding hydrogens is 358 g/mol. The van der Waals surface area contributed by atoms with Gasteiger partial charge in [-0.3, -0.25) is 4.79 Å². The number of anilines is 1. The van der Waals surface area contributed by atoms with Gasteiger partial charge in [-0.1, -0.05) is 23.5 Å². The molecule has 3 rings (SSSR count). The average Bonchev–Trinajstić information content (AvgIpc) is 3.35. The van der Waals surface area contributed by atoms with Gasteiger partial charge in [-0.15, -0.1) is 13.2 Å². The molecule has 0 radical (unpaired) electrons. The Morgan fingerprint density at radius 2 is 2.00 bits per heavy atom. The van der Waals surface area contributed by atoms with Gasteiger partial charge in [-0.2, -0.15) is 4.31 Å². The van der Waals surface area contributed by atoms with Crippen LogP contribution < -0.4 is 5.32 Å². The molecule has 1 aromatic heterocycles. The van der Waals surface area contributed by atoms with E-state index in [4.69, 9.17) is 0 Å². The number of amides is 1. The van der Waals surface area contributed by atoms with Crippen LogP contribution in [0.3, 0.4) is 0 Å². The van der Waals surface area contributed by atoms with Crippen molar-refractivity contribution in [3.05, 3.63) is 43.5 Å². The number of carbonyl (C=O) groups is 1. The molecule has 1 amide bonds. The first-order valence-corrected chi connectivity index (χ1v) is 10.1. The summed E-state index contributed by atoms with van der Waals surface area (Å²) in [6, 6.07) is 4.78. The van der Waals surface area contributed by atoms with Crippen molar-refractivity contribution in [3.8, 4) is 0 Å². The van der Waals surface area contributed by atoms with Crippen LogP contribution in [0.4, 0.5) is 5.13 Å². The highest BCUT2D eigenvalue weighted by Crippen LogP contribution is 2.33. The highest BCUT2D eigenvalue weighted by molar-refractivity contribution is 7.89. The second-order valence-corrected chi connectivity index (χ2v) is 8.78. The van der Waals surface area contributed by atoms with Crippen molar-refractivity contribution >= 4 is 42.6 Å². The van der Waals surface area contributed by atoms with Crippen LogP contribution in [0.2, 0.25) is 0 Å². The molecule has 1 saturated carbocycles. The minimum absolute atomic E-state index is 0.0185. The monoisotopic (exact) mass is 377 g/mol. The van der Waals surface area contributed by atoms with Crippen molar-refractivity contribution in [3.63, 3.8) is 0 Å². The highest BCUT2D eigenvalue weighted by Gasteiger charge is 2.30. The lowest BCUT2D eigenvalue weighted by Crippen LogP contribution is -2.31. The maximum absolute atomic E-state index is 12.8. The number of nitrogens with zero attached hydrogens (tertiary/aromatic N) is 2. The number of carbonyl (C=O) groups excluding carboxylic acids is 1. The van der Waals surface area contributed by atoms with Crippen LogP contribution in [0, 0.1) is 5.92 Å². The lowest BCUT2D eigenvalue weighted by atomic mass is 10.3. The Hall–Kier alpha value is -2.03. The number of benzene rings is 1. The number of fused-ring (bicyclic) bond motifs is 1. The van der Waals surface area contributed by atoms with E-state index in [1.165, 1.54) is 33.9 Å². The number of rotatable bonds is 8. The van der Waals surface area contributed by atoms with Crippen molar-refractivity contribution in [2.45, 2.75) is 17.7 Å². The summed E-state index contributed by atoms with van der Waals surface area (Å²) < 4.78 is 27.6. The fraction of sp³-hybridized carbons (Fsp3) is 0.294. The van der Waals surface area contributed by atoms with Gasteiger partial charge in [-0.25, -0.2) is 13.4 Å². The third-order valence-electron chi connectivity index (χ3n) is 3.84. The number of nitrogens with one attached hydrogen (secondary N) is 1. The van der Waals surface area contributed by atoms with Gasteiger partial charge in [0.2, 0.25) is 15.9 Å². The topological polar surface area (TPSA) is 79.4 Å². The third-order valence-corrected chi connectivity index (χ3v) is 6.60. The van der Waals surface area contributed by atoms with Gasteiger partial charge in [0, 0.05) is 19.0 Å². The molecule has 0 atom stereocenters. The van der Waals surface area contributed by atoms with Crippen LogP contribution in [-0.2, 0) is 14.8 Å². The van der Waals surface area contributed by atoms with Crippen molar-refractivity contribution in [1.82, 2.24) is 9.29 Å². The second-order valence-electron chi connectivity index (χ2n) is 5.81. The Bertz CT molecular complexity index is 920. The molecule has 0 bridgehead atoms. The first-order chi connectivity index (χ1) is 12.0. The van der Waals surface area contributed by atoms with Gasteiger partial charge < -0.3 is 5.32 Å². The third kappa shape index (κ3) is 3.81. The maximum Gasteiger partial charge on any atom is 0.243 e. The number of aromatic nitrogens is 1. The van der Waals surface area contributed by atoms with Gasteiger partial charge in [-0.05, 0) is 31.0 Å². The molecule has 25 heavy (non-hydrogen) atoms. The van der Waals surface area contributed by atoms with Crippen LogP contribution in [0.5, 0.6) is 0 Å². The van der Waals surface area contributed by atoms with Crippen LogP contribution in [0.15, 0.2) is 48.4 Å². The van der Waals surface area contributed by atoms with E-state index in [2.05, 4.69) is 23.5 Å². The van der Waals surface area contributed by atoms with Crippen LogP contribution >= 0.6 is 11.3 Å². The van der Waals surface area contributed by atoms with E-state index in [0.717, 1.165) is 12.8 Å². The van der Waals surface area contributed by atoms with E-state index in [1.807, 2.05) is 0 Å². The predicted molar refractivity (Wildman–Crippen MR) is 100 cm³/mol. The summed E-state index contributed by atoms with van der Waals surface area (Å²) in [4.78, 5) is 16.4. The zero-order valence-corrected chi connectivity index (χ0v) is 15.3. The molecule has 1 N–H and O–H groups in total. The SMILES string of the molecule is C=CCN(CC=C)S(=O)(=O)c1ccc2nc(NC(=O)C3CC3)sc2c1. The molecule has 2 aromatic rings. The van der Waals surface area contributed by atoms with Crippen molar-refractivity contribution in [2.75, 3.05) is 18.4 Å². The van der Waals surface area contributed by atoms with Gasteiger partial charge in [0.25, 0.3) is 0 Å². The van der Waals surface area contributed by atoms with E-state index >= 15 is 0 Å².